The highest BCUT2D eigenvalue weighted by molar-refractivity contribution is 5.98. The van der Waals surface area contributed by atoms with Gasteiger partial charge in [0.05, 0.1) is 36.3 Å². The maximum absolute atomic E-state index is 14.7. The van der Waals surface area contributed by atoms with E-state index in [4.69, 9.17) is 9.84 Å². The topological polar surface area (TPSA) is 105 Å². The summed E-state index contributed by atoms with van der Waals surface area (Å²) in [7, 11) is 0. The highest BCUT2D eigenvalue weighted by Gasteiger charge is 2.23. The Labute approximate surface area is 195 Å². The first-order valence-electron chi connectivity index (χ1n) is 10.6. The standard InChI is InChI=1S/C25H23FN4O4/c1-16-6-5-9-19(10-16)30-23-12-21(20(26)11-18(23)13-27-30)28-24(31)22(29-25(32)33)15-34-14-17-7-3-2-4-8-17/h2-13,22,29H,14-15H2,1H3,(H,28,31)(H,32,33). The van der Waals surface area contributed by atoms with E-state index in [-0.39, 0.29) is 18.9 Å². The van der Waals surface area contributed by atoms with Gasteiger partial charge in [0.25, 0.3) is 0 Å². The summed E-state index contributed by atoms with van der Waals surface area (Å²) in [5.74, 6) is -1.40. The molecule has 1 heterocycles. The van der Waals surface area contributed by atoms with Gasteiger partial charge in [-0.15, -0.1) is 0 Å². The number of aryl methyl sites for hydroxylation is 1. The van der Waals surface area contributed by atoms with Crippen LogP contribution in [0.1, 0.15) is 11.1 Å². The van der Waals surface area contributed by atoms with Crippen LogP contribution in [0.2, 0.25) is 0 Å². The van der Waals surface area contributed by atoms with Gasteiger partial charge in [0.2, 0.25) is 5.91 Å². The lowest BCUT2D eigenvalue weighted by molar-refractivity contribution is -0.119. The molecule has 0 fully saturated rings. The summed E-state index contributed by atoms with van der Waals surface area (Å²) >= 11 is 0. The first-order chi connectivity index (χ1) is 16.4. The van der Waals surface area contributed by atoms with E-state index >= 15 is 0 Å². The van der Waals surface area contributed by atoms with Crippen LogP contribution in [-0.4, -0.2) is 39.5 Å². The minimum absolute atomic E-state index is 0.0906. The number of carbonyl (C=O) groups is 2. The minimum atomic E-state index is -1.39. The van der Waals surface area contributed by atoms with Crippen LogP contribution in [0.3, 0.4) is 0 Å². The maximum Gasteiger partial charge on any atom is 0.405 e. The molecule has 0 saturated heterocycles. The second-order valence-electron chi connectivity index (χ2n) is 7.78. The summed E-state index contributed by atoms with van der Waals surface area (Å²) in [6.07, 6.45) is 0.148. The Morgan fingerprint density at radius 1 is 1.12 bits per heavy atom. The monoisotopic (exact) mass is 462 g/mol. The predicted molar refractivity (Wildman–Crippen MR) is 125 cm³/mol. The summed E-state index contributed by atoms with van der Waals surface area (Å²) in [5, 5.41) is 18.6. The van der Waals surface area contributed by atoms with Crippen LogP contribution in [0.25, 0.3) is 16.6 Å². The second-order valence-corrected chi connectivity index (χ2v) is 7.78. The molecule has 34 heavy (non-hydrogen) atoms. The van der Waals surface area contributed by atoms with E-state index in [0.717, 1.165) is 16.8 Å². The number of aromatic nitrogens is 2. The molecule has 0 saturated carbocycles. The van der Waals surface area contributed by atoms with E-state index in [9.17, 15) is 14.0 Å². The number of hydrogen-bond acceptors (Lipinski definition) is 4. The number of nitrogens with one attached hydrogen (secondary N) is 2. The number of rotatable bonds is 8. The second kappa shape index (κ2) is 10.1. The Morgan fingerprint density at radius 2 is 1.91 bits per heavy atom. The molecule has 2 amide bonds. The number of carboxylic acid groups (broad SMARTS) is 1. The Hall–Kier alpha value is -4.24. The molecule has 4 rings (SSSR count). The number of benzene rings is 3. The van der Waals surface area contributed by atoms with Crippen molar-refractivity contribution in [1.82, 2.24) is 15.1 Å². The van der Waals surface area contributed by atoms with Crippen LogP contribution in [0.15, 0.2) is 72.9 Å². The lowest BCUT2D eigenvalue weighted by atomic mass is 10.2. The molecule has 3 N–H and O–H groups in total. The summed E-state index contributed by atoms with van der Waals surface area (Å²) in [4.78, 5) is 24.0. The third-order valence-corrected chi connectivity index (χ3v) is 5.17. The van der Waals surface area contributed by atoms with Crippen LogP contribution in [-0.2, 0) is 16.1 Å². The number of halogens is 1. The average molecular weight is 462 g/mol. The lowest BCUT2D eigenvalue weighted by Crippen LogP contribution is -2.46. The number of hydrogen-bond donors (Lipinski definition) is 3. The molecule has 0 spiro atoms. The molecule has 4 aromatic rings. The van der Waals surface area contributed by atoms with Gasteiger partial charge in [-0.3, -0.25) is 4.79 Å². The number of amides is 2. The number of carbonyl (C=O) groups excluding carboxylic acids is 1. The summed E-state index contributed by atoms with van der Waals surface area (Å²) < 4.78 is 21.9. The molecule has 1 aromatic heterocycles. The van der Waals surface area contributed by atoms with Crippen LogP contribution in [0, 0.1) is 12.7 Å². The Morgan fingerprint density at radius 3 is 2.65 bits per heavy atom. The van der Waals surface area contributed by atoms with E-state index in [2.05, 4.69) is 15.7 Å². The number of nitrogens with zero attached hydrogens (tertiary/aromatic N) is 2. The van der Waals surface area contributed by atoms with Gasteiger partial charge in [0.1, 0.15) is 11.9 Å². The van der Waals surface area contributed by atoms with Crippen molar-refractivity contribution < 1.29 is 23.8 Å². The molecule has 0 aliphatic carbocycles. The van der Waals surface area contributed by atoms with E-state index in [1.54, 1.807) is 10.9 Å². The maximum atomic E-state index is 14.7. The van der Waals surface area contributed by atoms with Gasteiger partial charge in [-0.05, 0) is 42.3 Å². The summed E-state index contributed by atoms with van der Waals surface area (Å²) in [6, 6.07) is 18.4. The van der Waals surface area contributed by atoms with Gasteiger partial charge < -0.3 is 20.5 Å². The average Bonchev–Trinajstić information content (AvgIpc) is 3.21. The van der Waals surface area contributed by atoms with Gasteiger partial charge in [0, 0.05) is 5.39 Å². The molecule has 1 atom stereocenters. The third kappa shape index (κ3) is 5.38. The van der Waals surface area contributed by atoms with Crippen LogP contribution in [0.5, 0.6) is 0 Å². The molecule has 174 valence electrons. The zero-order valence-corrected chi connectivity index (χ0v) is 18.4. The molecular weight excluding hydrogens is 439 g/mol. The molecule has 1 unspecified atom stereocenters. The number of ether oxygens (including phenoxy) is 1. The smallest absolute Gasteiger partial charge is 0.405 e. The first kappa shape index (κ1) is 22.9. The molecule has 8 nitrogen and oxygen atoms in total. The number of anilines is 1. The van der Waals surface area contributed by atoms with Crippen molar-refractivity contribution >= 4 is 28.6 Å². The van der Waals surface area contributed by atoms with Gasteiger partial charge in [-0.1, -0.05) is 42.5 Å². The molecule has 0 aliphatic heterocycles. The minimum Gasteiger partial charge on any atom is -0.465 e. The molecule has 0 radical (unpaired) electrons. The molecule has 9 heteroatoms. The fraction of sp³-hybridized carbons (Fsp3) is 0.160. The largest absolute Gasteiger partial charge is 0.465 e. The van der Waals surface area contributed by atoms with Crippen molar-refractivity contribution in [3.8, 4) is 5.69 Å². The van der Waals surface area contributed by atoms with Gasteiger partial charge in [-0.25, -0.2) is 13.9 Å². The summed E-state index contributed by atoms with van der Waals surface area (Å²) in [6.45, 7) is 1.93. The van der Waals surface area contributed by atoms with Crippen molar-refractivity contribution in [3.63, 3.8) is 0 Å². The zero-order valence-electron chi connectivity index (χ0n) is 18.4. The molecule has 0 aliphatic rings. The fourth-order valence-electron chi connectivity index (χ4n) is 3.53. The van der Waals surface area contributed by atoms with Crippen LogP contribution in [0.4, 0.5) is 14.9 Å². The molecular formula is C25H23FN4O4. The van der Waals surface area contributed by atoms with Crippen molar-refractivity contribution in [3.05, 3.63) is 89.9 Å². The SMILES string of the molecule is Cc1cccc(-n2ncc3cc(F)c(NC(=O)C(COCc4ccccc4)NC(=O)O)cc32)c1. The van der Waals surface area contributed by atoms with E-state index in [0.29, 0.717) is 10.9 Å². The zero-order chi connectivity index (χ0) is 24.1. The van der Waals surface area contributed by atoms with Crippen LogP contribution < -0.4 is 10.6 Å². The van der Waals surface area contributed by atoms with Gasteiger partial charge in [0.15, 0.2) is 0 Å². The number of fused-ring (bicyclic) bond motifs is 1. The fourth-order valence-corrected chi connectivity index (χ4v) is 3.53. The Kier molecular flexibility index (Phi) is 6.84. The first-order valence-corrected chi connectivity index (χ1v) is 10.6. The highest BCUT2D eigenvalue weighted by atomic mass is 19.1. The normalized spacial score (nSPS) is 11.8. The van der Waals surface area contributed by atoms with Crippen molar-refractivity contribution in [1.29, 1.82) is 0 Å². The van der Waals surface area contributed by atoms with E-state index in [1.165, 1.54) is 12.1 Å². The Bertz CT molecular complexity index is 1320. The van der Waals surface area contributed by atoms with Gasteiger partial charge in [-0.2, -0.15) is 5.10 Å². The molecule has 3 aromatic carbocycles. The quantitative estimate of drug-likeness (QED) is 0.363. The van der Waals surface area contributed by atoms with Gasteiger partial charge >= 0.3 is 6.09 Å². The lowest BCUT2D eigenvalue weighted by Gasteiger charge is -2.17. The summed E-state index contributed by atoms with van der Waals surface area (Å²) in [5.41, 5.74) is 3.20. The van der Waals surface area contributed by atoms with Crippen molar-refractivity contribution in [2.75, 3.05) is 11.9 Å². The van der Waals surface area contributed by atoms with Crippen molar-refractivity contribution in [2.24, 2.45) is 0 Å². The van der Waals surface area contributed by atoms with E-state index in [1.807, 2.05) is 61.5 Å². The molecule has 0 bridgehead atoms. The highest BCUT2D eigenvalue weighted by Crippen LogP contribution is 2.25. The third-order valence-electron chi connectivity index (χ3n) is 5.17. The van der Waals surface area contributed by atoms with Crippen LogP contribution >= 0.6 is 0 Å². The van der Waals surface area contributed by atoms with E-state index < -0.39 is 23.9 Å². The predicted octanol–water partition coefficient (Wildman–Crippen LogP) is 4.26. The van der Waals surface area contributed by atoms with Crippen molar-refractivity contribution in [2.45, 2.75) is 19.6 Å². The Balaban J connectivity index is 1.53.